The summed E-state index contributed by atoms with van der Waals surface area (Å²) in [6.07, 6.45) is 2.38. The molecule has 33 heavy (non-hydrogen) atoms. The summed E-state index contributed by atoms with van der Waals surface area (Å²) in [6, 6.07) is 15.9. The van der Waals surface area contributed by atoms with Crippen molar-refractivity contribution in [2.45, 2.75) is 27.2 Å². The molecule has 1 N–H and O–H groups in total. The Balaban J connectivity index is 1.72. The Hall–Kier alpha value is -4.13. The fourth-order valence-electron chi connectivity index (χ4n) is 3.99. The summed E-state index contributed by atoms with van der Waals surface area (Å²) in [7, 11) is 1.61. The zero-order chi connectivity index (χ0) is 23.7. The number of nitrogens with zero attached hydrogens (tertiary/aromatic N) is 2. The Morgan fingerprint density at radius 2 is 1.58 bits per heavy atom. The van der Waals surface area contributed by atoms with Crippen LogP contribution in [0.4, 0.5) is 10.5 Å². The lowest BCUT2D eigenvalue weighted by Gasteiger charge is -2.26. The third-order valence-corrected chi connectivity index (χ3v) is 5.81. The number of rotatable bonds is 5. The minimum absolute atomic E-state index is 0.0934. The number of methoxy groups -OCH3 is 1. The minimum atomic E-state index is -0.755. The Kier molecular flexibility index (Phi) is 5.87. The van der Waals surface area contributed by atoms with E-state index in [1.165, 1.54) is 0 Å². The molecule has 1 aromatic heterocycles. The maximum atomic E-state index is 13.2. The molecule has 2 aromatic carbocycles. The van der Waals surface area contributed by atoms with E-state index in [9.17, 15) is 14.4 Å². The van der Waals surface area contributed by atoms with E-state index in [1.54, 1.807) is 25.3 Å². The fourth-order valence-corrected chi connectivity index (χ4v) is 3.99. The van der Waals surface area contributed by atoms with Gasteiger partial charge in [-0.3, -0.25) is 14.9 Å². The number of ether oxygens (including phenoxy) is 1. The lowest BCUT2D eigenvalue weighted by Crippen LogP contribution is -2.54. The van der Waals surface area contributed by atoms with Gasteiger partial charge in [0.15, 0.2) is 0 Å². The maximum Gasteiger partial charge on any atom is 0.335 e. The maximum absolute atomic E-state index is 13.2. The first-order valence-electron chi connectivity index (χ1n) is 10.7. The van der Waals surface area contributed by atoms with Gasteiger partial charge >= 0.3 is 6.03 Å². The highest BCUT2D eigenvalue weighted by Crippen LogP contribution is 2.27. The molecule has 2 heterocycles. The summed E-state index contributed by atoms with van der Waals surface area (Å²) >= 11 is 0. The van der Waals surface area contributed by atoms with E-state index in [0.717, 1.165) is 45.3 Å². The summed E-state index contributed by atoms with van der Waals surface area (Å²) in [4.78, 5) is 39.2. The second-order valence-electron chi connectivity index (χ2n) is 7.84. The minimum Gasteiger partial charge on any atom is -0.497 e. The summed E-state index contributed by atoms with van der Waals surface area (Å²) in [5.41, 5.74) is 4.86. The number of hydrogen-bond acceptors (Lipinski definition) is 4. The molecule has 0 bridgehead atoms. The second kappa shape index (κ2) is 8.78. The van der Waals surface area contributed by atoms with Gasteiger partial charge in [-0.25, -0.2) is 9.69 Å². The number of benzene rings is 2. The molecular weight excluding hydrogens is 418 g/mol. The van der Waals surface area contributed by atoms with Crippen LogP contribution in [0.15, 0.2) is 60.2 Å². The summed E-state index contributed by atoms with van der Waals surface area (Å²) in [5.74, 6) is -0.604. The first kappa shape index (κ1) is 22.1. The predicted molar refractivity (Wildman–Crippen MR) is 127 cm³/mol. The first-order chi connectivity index (χ1) is 15.8. The van der Waals surface area contributed by atoms with Gasteiger partial charge in [0.05, 0.1) is 12.8 Å². The van der Waals surface area contributed by atoms with E-state index in [2.05, 4.69) is 5.32 Å². The highest BCUT2D eigenvalue weighted by atomic mass is 16.5. The van der Waals surface area contributed by atoms with Gasteiger partial charge in [-0.1, -0.05) is 19.1 Å². The van der Waals surface area contributed by atoms with Crippen LogP contribution in [0.1, 0.15) is 29.4 Å². The Morgan fingerprint density at radius 3 is 2.18 bits per heavy atom. The predicted octanol–water partition coefficient (Wildman–Crippen LogP) is 4.33. The van der Waals surface area contributed by atoms with Crippen molar-refractivity contribution >= 4 is 29.6 Å². The number of aryl methyl sites for hydroxylation is 2. The molecule has 1 aliphatic heterocycles. The molecule has 7 heteroatoms. The number of aromatic nitrogens is 1. The van der Waals surface area contributed by atoms with Crippen LogP contribution >= 0.6 is 0 Å². The molecule has 0 spiro atoms. The molecule has 1 fully saturated rings. The number of anilines is 1. The van der Waals surface area contributed by atoms with E-state index in [4.69, 9.17) is 4.74 Å². The van der Waals surface area contributed by atoms with Crippen LogP contribution in [0.3, 0.4) is 0 Å². The van der Waals surface area contributed by atoms with Gasteiger partial charge in [0.25, 0.3) is 11.8 Å². The molecular formula is C26H25N3O4. The van der Waals surface area contributed by atoms with Crippen molar-refractivity contribution in [3.05, 3.63) is 82.7 Å². The number of carbonyl (C=O) groups excluding carboxylic acids is 3. The number of carbonyl (C=O) groups is 3. The summed E-state index contributed by atoms with van der Waals surface area (Å²) in [5, 5.41) is 2.28. The normalized spacial score (nSPS) is 15.2. The van der Waals surface area contributed by atoms with E-state index in [0.29, 0.717) is 5.69 Å². The molecule has 4 amide bonds. The molecule has 4 rings (SSSR count). The van der Waals surface area contributed by atoms with Gasteiger partial charge in [-0.2, -0.15) is 0 Å². The van der Waals surface area contributed by atoms with Crippen LogP contribution in [-0.2, 0) is 16.0 Å². The van der Waals surface area contributed by atoms with E-state index < -0.39 is 17.8 Å². The Morgan fingerprint density at radius 1 is 0.939 bits per heavy atom. The van der Waals surface area contributed by atoms with E-state index >= 15 is 0 Å². The molecule has 1 saturated heterocycles. The van der Waals surface area contributed by atoms with Gasteiger partial charge in [-0.15, -0.1) is 0 Å². The smallest absolute Gasteiger partial charge is 0.335 e. The van der Waals surface area contributed by atoms with Crippen LogP contribution in [0, 0.1) is 13.8 Å². The summed E-state index contributed by atoms with van der Waals surface area (Å²) in [6.45, 7) is 5.89. The third kappa shape index (κ3) is 4.05. The quantitative estimate of drug-likeness (QED) is 0.470. The van der Waals surface area contributed by atoms with Crippen LogP contribution in [0.25, 0.3) is 11.8 Å². The number of imide groups is 2. The largest absolute Gasteiger partial charge is 0.497 e. The van der Waals surface area contributed by atoms with Crippen LogP contribution in [0.2, 0.25) is 0 Å². The highest BCUT2D eigenvalue weighted by Gasteiger charge is 2.37. The van der Waals surface area contributed by atoms with Crippen molar-refractivity contribution in [3.8, 4) is 11.4 Å². The number of hydrogen-bond donors (Lipinski definition) is 1. The molecule has 0 saturated carbocycles. The molecule has 0 unspecified atom stereocenters. The molecule has 3 aromatic rings. The average molecular weight is 444 g/mol. The molecule has 7 nitrogen and oxygen atoms in total. The van der Waals surface area contributed by atoms with Crippen molar-refractivity contribution in [2.24, 2.45) is 0 Å². The van der Waals surface area contributed by atoms with Gasteiger partial charge in [-0.05, 0) is 79.9 Å². The number of nitrogens with one attached hydrogen (secondary N) is 1. The van der Waals surface area contributed by atoms with Crippen LogP contribution < -0.4 is 15.0 Å². The lowest BCUT2D eigenvalue weighted by molar-refractivity contribution is -0.122. The van der Waals surface area contributed by atoms with E-state index in [-0.39, 0.29) is 5.57 Å². The Labute approximate surface area is 192 Å². The third-order valence-electron chi connectivity index (χ3n) is 5.81. The molecule has 0 radical (unpaired) electrons. The average Bonchev–Trinajstić information content (AvgIpc) is 3.09. The van der Waals surface area contributed by atoms with Crippen molar-refractivity contribution in [1.29, 1.82) is 0 Å². The zero-order valence-electron chi connectivity index (χ0n) is 19.0. The fraction of sp³-hybridized carbons (Fsp3) is 0.192. The monoisotopic (exact) mass is 443 g/mol. The van der Waals surface area contributed by atoms with Crippen molar-refractivity contribution < 1.29 is 19.1 Å². The highest BCUT2D eigenvalue weighted by molar-refractivity contribution is 6.39. The molecule has 168 valence electrons. The SMILES string of the molecule is CCc1ccc(N2C(=O)NC(=O)/C(=C/c3cc(C)n(-c4ccc(OC)cc4)c3C)C2=O)cc1. The van der Waals surface area contributed by atoms with Gasteiger partial charge in [0, 0.05) is 17.1 Å². The first-order valence-corrected chi connectivity index (χ1v) is 10.7. The molecule has 0 atom stereocenters. The second-order valence-corrected chi connectivity index (χ2v) is 7.84. The molecule has 0 aliphatic carbocycles. The zero-order valence-corrected chi connectivity index (χ0v) is 19.0. The number of barbiturate groups is 1. The Bertz CT molecular complexity index is 1270. The summed E-state index contributed by atoms with van der Waals surface area (Å²) < 4.78 is 7.26. The van der Waals surface area contributed by atoms with Crippen LogP contribution in [-0.4, -0.2) is 29.5 Å². The van der Waals surface area contributed by atoms with Gasteiger partial charge < -0.3 is 9.30 Å². The lowest BCUT2D eigenvalue weighted by atomic mass is 10.1. The topological polar surface area (TPSA) is 80.6 Å². The van der Waals surface area contributed by atoms with Crippen molar-refractivity contribution in [2.75, 3.05) is 12.0 Å². The van der Waals surface area contributed by atoms with Gasteiger partial charge in [0.2, 0.25) is 0 Å². The van der Waals surface area contributed by atoms with E-state index in [1.807, 2.05) is 67.8 Å². The van der Waals surface area contributed by atoms with Gasteiger partial charge in [0.1, 0.15) is 11.3 Å². The number of urea groups is 1. The van der Waals surface area contributed by atoms with Crippen molar-refractivity contribution in [3.63, 3.8) is 0 Å². The van der Waals surface area contributed by atoms with Crippen molar-refractivity contribution in [1.82, 2.24) is 9.88 Å². The number of amides is 4. The standard InChI is InChI=1S/C26H25N3O4/c1-5-18-6-8-21(9-7-18)29-25(31)23(24(30)27-26(29)32)15-19-14-16(2)28(17(19)3)20-10-12-22(33-4)13-11-20/h6-15H,5H2,1-4H3,(H,27,30,32)/b23-15-. The molecule has 1 aliphatic rings. The van der Waals surface area contributed by atoms with Crippen LogP contribution in [0.5, 0.6) is 5.75 Å².